The number of nitrogens with zero attached hydrogens (tertiary/aromatic N) is 3. The first-order valence-corrected chi connectivity index (χ1v) is 6.26. The Bertz CT molecular complexity index is 511. The molecular formula is C13H19N5. The third kappa shape index (κ3) is 2.92. The molecule has 0 bridgehead atoms. The molecule has 0 aliphatic rings. The molecule has 5 nitrogen and oxygen atoms in total. The summed E-state index contributed by atoms with van der Waals surface area (Å²) in [6.45, 7) is 4.96. The average Bonchev–Trinajstić information content (AvgIpc) is 2.38. The van der Waals surface area contributed by atoms with Crippen LogP contribution in [0.2, 0.25) is 0 Å². The molecule has 1 aromatic carbocycles. The maximum atomic E-state index is 5.61. The highest BCUT2D eigenvalue weighted by molar-refractivity contribution is 5.74. The molecule has 0 aliphatic carbocycles. The van der Waals surface area contributed by atoms with Gasteiger partial charge in [-0.05, 0) is 31.0 Å². The minimum Gasteiger partial charge on any atom is -0.350 e. The second-order valence-electron chi connectivity index (χ2n) is 4.70. The zero-order valence-corrected chi connectivity index (χ0v) is 10.8. The number of nitrogens with two attached hydrogens (primary N) is 1. The topological polar surface area (TPSA) is 76.7 Å². The van der Waals surface area contributed by atoms with Gasteiger partial charge in [0, 0.05) is 6.04 Å². The monoisotopic (exact) mass is 245 g/mol. The van der Waals surface area contributed by atoms with Crippen LogP contribution in [0.3, 0.4) is 0 Å². The molecule has 0 aliphatic heterocycles. The molecule has 2 aromatic rings. The Balaban J connectivity index is 2.20. The maximum Gasteiger partial charge on any atom is 0.243 e. The molecule has 0 saturated heterocycles. The van der Waals surface area contributed by atoms with Crippen molar-refractivity contribution in [2.75, 3.05) is 11.9 Å². The molecule has 1 heterocycles. The lowest BCUT2D eigenvalue weighted by Gasteiger charge is -2.21. The number of para-hydroxylation sites is 1. The van der Waals surface area contributed by atoms with Crippen molar-refractivity contribution in [3.63, 3.8) is 0 Å². The van der Waals surface area contributed by atoms with Gasteiger partial charge in [-0.2, -0.15) is 0 Å². The van der Waals surface area contributed by atoms with Gasteiger partial charge in [0.25, 0.3) is 0 Å². The summed E-state index contributed by atoms with van der Waals surface area (Å²) in [4.78, 5) is 4.45. The summed E-state index contributed by atoms with van der Waals surface area (Å²) in [6.07, 6.45) is 0.897. The third-order valence-electron chi connectivity index (χ3n) is 2.96. The van der Waals surface area contributed by atoms with Crippen LogP contribution in [0.4, 0.5) is 5.95 Å². The summed E-state index contributed by atoms with van der Waals surface area (Å²) >= 11 is 0. The van der Waals surface area contributed by atoms with Gasteiger partial charge in [0.2, 0.25) is 5.95 Å². The van der Waals surface area contributed by atoms with Crippen molar-refractivity contribution < 1.29 is 0 Å². The zero-order chi connectivity index (χ0) is 13.0. The number of benzene rings is 1. The van der Waals surface area contributed by atoms with E-state index in [1.807, 2.05) is 24.3 Å². The average molecular weight is 245 g/mol. The van der Waals surface area contributed by atoms with Crippen LogP contribution in [0.5, 0.6) is 0 Å². The second kappa shape index (κ2) is 5.73. The Kier molecular flexibility index (Phi) is 4.04. The Morgan fingerprint density at radius 3 is 2.56 bits per heavy atom. The van der Waals surface area contributed by atoms with E-state index < -0.39 is 0 Å². The van der Waals surface area contributed by atoms with E-state index >= 15 is 0 Å². The van der Waals surface area contributed by atoms with Crippen LogP contribution in [0, 0.1) is 5.92 Å². The highest BCUT2D eigenvalue weighted by atomic mass is 15.2. The minimum atomic E-state index is 0.276. The first-order valence-electron chi connectivity index (χ1n) is 6.26. The van der Waals surface area contributed by atoms with E-state index in [4.69, 9.17) is 5.73 Å². The van der Waals surface area contributed by atoms with Crippen molar-refractivity contribution in [3.8, 4) is 0 Å². The van der Waals surface area contributed by atoms with E-state index in [1.165, 1.54) is 0 Å². The molecule has 96 valence electrons. The van der Waals surface area contributed by atoms with Gasteiger partial charge in [-0.1, -0.05) is 26.0 Å². The Morgan fingerprint density at radius 1 is 1.17 bits per heavy atom. The molecule has 3 N–H and O–H groups in total. The van der Waals surface area contributed by atoms with Crippen molar-refractivity contribution >= 4 is 17.0 Å². The molecule has 5 heteroatoms. The van der Waals surface area contributed by atoms with E-state index in [9.17, 15) is 0 Å². The van der Waals surface area contributed by atoms with E-state index in [-0.39, 0.29) is 6.04 Å². The zero-order valence-electron chi connectivity index (χ0n) is 10.8. The fourth-order valence-corrected chi connectivity index (χ4v) is 1.86. The molecule has 1 unspecified atom stereocenters. The molecule has 1 aromatic heterocycles. The predicted octanol–water partition coefficient (Wildman–Crippen LogP) is 1.81. The van der Waals surface area contributed by atoms with Gasteiger partial charge in [0.15, 0.2) is 0 Å². The minimum absolute atomic E-state index is 0.276. The van der Waals surface area contributed by atoms with Crippen LogP contribution in [0.1, 0.15) is 20.3 Å². The van der Waals surface area contributed by atoms with Crippen LogP contribution in [0.25, 0.3) is 11.0 Å². The molecule has 0 amide bonds. The first-order chi connectivity index (χ1) is 8.70. The molecule has 0 saturated carbocycles. The molecule has 0 spiro atoms. The number of rotatable bonds is 5. The smallest absolute Gasteiger partial charge is 0.243 e. The van der Waals surface area contributed by atoms with Gasteiger partial charge in [0.1, 0.15) is 5.52 Å². The van der Waals surface area contributed by atoms with Crippen molar-refractivity contribution in [1.82, 2.24) is 15.2 Å². The van der Waals surface area contributed by atoms with Gasteiger partial charge in [-0.25, -0.2) is 4.98 Å². The fraction of sp³-hybridized carbons (Fsp3) is 0.462. The van der Waals surface area contributed by atoms with E-state index in [2.05, 4.69) is 34.3 Å². The van der Waals surface area contributed by atoms with Gasteiger partial charge in [-0.3, -0.25) is 0 Å². The Morgan fingerprint density at radius 2 is 1.89 bits per heavy atom. The summed E-state index contributed by atoms with van der Waals surface area (Å²) in [5.41, 5.74) is 7.28. The van der Waals surface area contributed by atoms with Crippen molar-refractivity contribution in [1.29, 1.82) is 0 Å². The number of hydrogen-bond acceptors (Lipinski definition) is 5. The molecule has 18 heavy (non-hydrogen) atoms. The van der Waals surface area contributed by atoms with Crippen molar-refractivity contribution in [2.24, 2.45) is 11.7 Å². The Hall–Kier alpha value is -1.75. The first kappa shape index (κ1) is 12.7. The highest BCUT2D eigenvalue weighted by Gasteiger charge is 2.13. The van der Waals surface area contributed by atoms with Crippen molar-refractivity contribution in [3.05, 3.63) is 24.3 Å². The molecule has 0 radical (unpaired) electrons. The van der Waals surface area contributed by atoms with Gasteiger partial charge >= 0.3 is 0 Å². The Labute approximate surface area is 107 Å². The summed E-state index contributed by atoms with van der Waals surface area (Å²) in [5, 5.41) is 11.6. The summed E-state index contributed by atoms with van der Waals surface area (Å²) in [7, 11) is 0. The predicted molar refractivity (Wildman–Crippen MR) is 73.3 cm³/mol. The molecule has 0 fully saturated rings. The SMILES string of the molecule is CC(C)C(CCN)Nc1nnc2ccccc2n1. The number of aromatic nitrogens is 3. The lowest BCUT2D eigenvalue weighted by molar-refractivity contribution is 0.495. The third-order valence-corrected chi connectivity index (χ3v) is 2.96. The lowest BCUT2D eigenvalue weighted by Crippen LogP contribution is -2.29. The number of hydrogen-bond donors (Lipinski definition) is 2. The van der Waals surface area contributed by atoms with E-state index in [0.29, 0.717) is 18.4 Å². The largest absolute Gasteiger partial charge is 0.350 e. The fourth-order valence-electron chi connectivity index (χ4n) is 1.86. The molecule has 1 atom stereocenters. The van der Waals surface area contributed by atoms with E-state index in [0.717, 1.165) is 17.5 Å². The number of fused-ring (bicyclic) bond motifs is 1. The summed E-state index contributed by atoms with van der Waals surface area (Å²) in [6, 6.07) is 7.98. The molecule has 2 rings (SSSR count). The van der Waals surface area contributed by atoms with Gasteiger partial charge in [-0.15, -0.1) is 10.2 Å². The summed E-state index contributed by atoms with van der Waals surface area (Å²) in [5.74, 6) is 1.05. The highest BCUT2D eigenvalue weighted by Crippen LogP contribution is 2.13. The van der Waals surface area contributed by atoms with Crippen LogP contribution >= 0.6 is 0 Å². The lowest BCUT2D eigenvalue weighted by atomic mass is 10.0. The molecular weight excluding hydrogens is 226 g/mol. The second-order valence-corrected chi connectivity index (χ2v) is 4.70. The maximum absolute atomic E-state index is 5.61. The normalized spacial score (nSPS) is 12.9. The number of nitrogens with one attached hydrogen (secondary N) is 1. The summed E-state index contributed by atoms with van der Waals surface area (Å²) < 4.78 is 0. The van der Waals surface area contributed by atoms with Crippen LogP contribution < -0.4 is 11.1 Å². The van der Waals surface area contributed by atoms with Crippen LogP contribution in [-0.2, 0) is 0 Å². The van der Waals surface area contributed by atoms with Crippen LogP contribution in [-0.4, -0.2) is 27.8 Å². The number of anilines is 1. The van der Waals surface area contributed by atoms with Gasteiger partial charge < -0.3 is 11.1 Å². The van der Waals surface area contributed by atoms with E-state index in [1.54, 1.807) is 0 Å². The standard InChI is InChI=1S/C13H19N5/c1-9(2)10(7-8-14)15-13-16-11-5-3-4-6-12(11)17-18-13/h3-6,9-10H,7-8,14H2,1-2H3,(H,15,16,18). The van der Waals surface area contributed by atoms with Gasteiger partial charge in [0.05, 0.1) is 5.52 Å². The van der Waals surface area contributed by atoms with Crippen molar-refractivity contribution in [2.45, 2.75) is 26.3 Å². The van der Waals surface area contributed by atoms with Crippen LogP contribution in [0.15, 0.2) is 24.3 Å². The quantitative estimate of drug-likeness (QED) is 0.840.